The number of hydrogen-bond donors (Lipinski definition) is 4. The van der Waals surface area contributed by atoms with Crippen molar-refractivity contribution < 1.29 is 37.8 Å². The van der Waals surface area contributed by atoms with E-state index in [9.17, 15) is 28.4 Å². The van der Waals surface area contributed by atoms with Crippen molar-refractivity contribution in [2.24, 2.45) is 5.92 Å². The fourth-order valence-electron chi connectivity index (χ4n) is 4.07. The fourth-order valence-corrected chi connectivity index (χ4v) is 5.69. The lowest BCUT2D eigenvalue weighted by atomic mass is 9.81. The molecule has 2 aromatic carbocycles. The summed E-state index contributed by atoms with van der Waals surface area (Å²) in [6.07, 6.45) is -1.47. The van der Waals surface area contributed by atoms with Gasteiger partial charge in [-0.2, -0.15) is 4.31 Å². The van der Waals surface area contributed by atoms with Crippen molar-refractivity contribution in [1.29, 1.82) is 0 Å². The van der Waals surface area contributed by atoms with Gasteiger partial charge in [-0.05, 0) is 35.5 Å². The summed E-state index contributed by atoms with van der Waals surface area (Å²) in [5.41, 5.74) is 1.01. The van der Waals surface area contributed by atoms with E-state index in [4.69, 9.17) is 9.47 Å². The Hall–Kier alpha value is -2.48. The molecule has 10 nitrogen and oxygen atoms in total. The monoisotopic (exact) mass is 534 g/mol. The van der Waals surface area contributed by atoms with Crippen molar-refractivity contribution in [1.82, 2.24) is 9.62 Å². The number of carbonyl (C=O) groups excluding carboxylic acids is 1. The topological polar surface area (TPSA) is 146 Å². The average Bonchev–Trinajstić information content (AvgIpc) is 3.36. The minimum atomic E-state index is -4.04. The van der Waals surface area contributed by atoms with Crippen molar-refractivity contribution in [3.8, 4) is 0 Å². The highest BCUT2D eigenvalue weighted by atomic mass is 32.2. The number of alkyl carbamates (subject to hydrolysis) is 1. The third-order valence-corrected chi connectivity index (χ3v) is 7.85. The van der Waals surface area contributed by atoms with Gasteiger partial charge in [-0.3, -0.25) is 0 Å². The highest BCUT2D eigenvalue weighted by Crippen LogP contribution is 2.19. The summed E-state index contributed by atoms with van der Waals surface area (Å²) in [6, 6.07) is 13.7. The summed E-state index contributed by atoms with van der Waals surface area (Å²) in [4.78, 5) is 12.6. The minimum absolute atomic E-state index is 0.0436. The van der Waals surface area contributed by atoms with Crippen molar-refractivity contribution in [3.63, 3.8) is 0 Å². The van der Waals surface area contributed by atoms with Crippen LogP contribution in [0.3, 0.4) is 0 Å². The van der Waals surface area contributed by atoms with Crippen LogP contribution in [0.2, 0.25) is 0 Å². The molecule has 2 aromatic rings. The van der Waals surface area contributed by atoms with Crippen LogP contribution in [0, 0.1) is 5.92 Å². The van der Waals surface area contributed by atoms with Gasteiger partial charge in [-0.15, -0.1) is 0 Å². The van der Waals surface area contributed by atoms with Crippen LogP contribution in [0.25, 0.3) is 0 Å². The van der Waals surface area contributed by atoms with Crippen LogP contribution < -0.4 is 10.8 Å². The summed E-state index contributed by atoms with van der Waals surface area (Å²) >= 11 is 0. The molecule has 1 fully saturated rings. The normalized spacial score (nSPS) is 17.5. The second kappa shape index (κ2) is 13.4. The van der Waals surface area contributed by atoms with Gasteiger partial charge in [0.15, 0.2) is 0 Å². The number of aliphatic hydroxyl groups excluding tert-OH is 1. The number of nitrogens with zero attached hydrogens (tertiary/aromatic N) is 1. The number of rotatable bonds is 12. The molecule has 1 aliphatic rings. The standard InChI is InChI=1S/C25H35BN2O8S/c1-18(2)15-28(37(33,34)22-10-8-20(9-11-22)26(31)32)16-24(29)23(14-19-6-4-3-5-7-19)27-25(30)36-21-12-13-35-17-21/h3-11,18,21,23-24,29,31-32H,12-17H2,1-2H3,(H,27,30). The molecule has 0 spiro atoms. The third-order valence-electron chi connectivity index (χ3n) is 6.00. The molecule has 0 radical (unpaired) electrons. The Balaban J connectivity index is 1.81. The SMILES string of the molecule is CC(C)CN(CC(O)C(Cc1ccccc1)NC(=O)OC1CCOC1)S(=O)(=O)c1ccc(B(O)O)cc1. The van der Waals surface area contributed by atoms with Crippen LogP contribution >= 0.6 is 0 Å². The molecule has 3 rings (SSSR count). The Labute approximate surface area is 218 Å². The zero-order chi connectivity index (χ0) is 27.0. The molecular formula is C25H35BN2O8S. The van der Waals surface area contributed by atoms with E-state index >= 15 is 0 Å². The molecule has 0 aromatic heterocycles. The number of carbonyl (C=O) groups is 1. The molecule has 4 N–H and O–H groups in total. The number of aliphatic hydroxyl groups is 1. The van der Waals surface area contributed by atoms with E-state index in [-0.39, 0.29) is 41.9 Å². The molecule has 3 unspecified atom stereocenters. The summed E-state index contributed by atoms with van der Waals surface area (Å²) in [6.45, 7) is 4.41. The van der Waals surface area contributed by atoms with Crippen LogP contribution in [0.1, 0.15) is 25.8 Å². The lowest BCUT2D eigenvalue weighted by Gasteiger charge is -2.30. The maximum absolute atomic E-state index is 13.5. The second-order valence-electron chi connectivity index (χ2n) is 9.56. The van der Waals surface area contributed by atoms with E-state index in [0.29, 0.717) is 19.6 Å². The van der Waals surface area contributed by atoms with E-state index in [1.54, 1.807) is 0 Å². The molecule has 1 aliphatic heterocycles. The molecule has 0 saturated carbocycles. The van der Waals surface area contributed by atoms with Gasteiger partial charge in [-0.1, -0.05) is 56.3 Å². The van der Waals surface area contributed by atoms with Crippen LogP contribution in [-0.4, -0.2) is 85.6 Å². The maximum Gasteiger partial charge on any atom is 0.488 e. The summed E-state index contributed by atoms with van der Waals surface area (Å²) < 4.78 is 38.8. The molecule has 1 saturated heterocycles. The van der Waals surface area contributed by atoms with E-state index in [1.165, 1.54) is 28.6 Å². The maximum atomic E-state index is 13.5. The lowest BCUT2D eigenvalue weighted by molar-refractivity contribution is 0.0644. The summed E-state index contributed by atoms with van der Waals surface area (Å²) in [5.74, 6) is -0.0478. The Bertz CT molecular complexity index is 1090. The van der Waals surface area contributed by atoms with Crippen molar-refractivity contribution in [2.45, 2.75) is 49.8 Å². The van der Waals surface area contributed by atoms with Gasteiger partial charge in [0.05, 0.1) is 30.3 Å². The zero-order valence-electron chi connectivity index (χ0n) is 21.1. The highest BCUT2D eigenvalue weighted by molar-refractivity contribution is 7.89. The predicted octanol–water partition coefficient (Wildman–Crippen LogP) is 0.500. The zero-order valence-corrected chi connectivity index (χ0v) is 21.9. The van der Waals surface area contributed by atoms with Gasteiger partial charge >= 0.3 is 13.2 Å². The Morgan fingerprint density at radius 3 is 2.38 bits per heavy atom. The van der Waals surface area contributed by atoms with Gasteiger partial charge in [0.1, 0.15) is 6.10 Å². The van der Waals surface area contributed by atoms with Gasteiger partial charge < -0.3 is 29.9 Å². The Morgan fingerprint density at radius 2 is 1.81 bits per heavy atom. The van der Waals surface area contributed by atoms with Gasteiger partial charge in [0, 0.05) is 19.5 Å². The Kier molecular flexibility index (Phi) is 10.5. The number of hydrogen-bond acceptors (Lipinski definition) is 8. The van der Waals surface area contributed by atoms with Crippen LogP contribution in [0.4, 0.5) is 4.79 Å². The number of amides is 1. The summed E-state index contributed by atoms with van der Waals surface area (Å²) in [7, 11) is -5.75. The number of ether oxygens (including phenoxy) is 2. The molecule has 3 atom stereocenters. The van der Waals surface area contributed by atoms with Crippen LogP contribution in [0.5, 0.6) is 0 Å². The van der Waals surface area contributed by atoms with E-state index in [0.717, 1.165) is 5.56 Å². The molecule has 0 bridgehead atoms. The van der Waals surface area contributed by atoms with Gasteiger partial charge in [-0.25, -0.2) is 13.2 Å². The number of sulfonamides is 1. The first-order valence-corrected chi connectivity index (χ1v) is 13.7. The first-order chi connectivity index (χ1) is 17.6. The molecule has 37 heavy (non-hydrogen) atoms. The van der Waals surface area contributed by atoms with Crippen molar-refractivity contribution in [3.05, 3.63) is 60.2 Å². The lowest BCUT2D eigenvalue weighted by Crippen LogP contribution is -2.51. The molecule has 202 valence electrons. The van der Waals surface area contributed by atoms with E-state index in [2.05, 4.69) is 5.32 Å². The molecule has 0 aliphatic carbocycles. The van der Waals surface area contributed by atoms with Crippen molar-refractivity contribution in [2.75, 3.05) is 26.3 Å². The summed E-state index contributed by atoms with van der Waals surface area (Å²) in [5, 5.41) is 32.6. The average molecular weight is 534 g/mol. The highest BCUT2D eigenvalue weighted by Gasteiger charge is 2.32. The fraction of sp³-hybridized carbons (Fsp3) is 0.480. The molecule has 1 amide bonds. The van der Waals surface area contributed by atoms with Gasteiger partial charge in [0.2, 0.25) is 10.0 Å². The minimum Gasteiger partial charge on any atom is -0.444 e. The first kappa shape index (κ1) is 29.1. The molecule has 1 heterocycles. The quantitative estimate of drug-likeness (QED) is 0.288. The molecular weight excluding hydrogens is 499 g/mol. The van der Waals surface area contributed by atoms with Gasteiger partial charge in [0.25, 0.3) is 0 Å². The van der Waals surface area contributed by atoms with Crippen molar-refractivity contribution >= 4 is 28.7 Å². The van der Waals surface area contributed by atoms with E-state index < -0.39 is 35.4 Å². The van der Waals surface area contributed by atoms with Crippen LogP contribution in [-0.2, 0) is 25.9 Å². The van der Waals surface area contributed by atoms with E-state index in [1.807, 2.05) is 44.2 Å². The first-order valence-electron chi connectivity index (χ1n) is 12.3. The number of nitrogens with one attached hydrogen (secondary N) is 1. The Morgan fingerprint density at radius 1 is 1.14 bits per heavy atom. The largest absolute Gasteiger partial charge is 0.488 e. The third kappa shape index (κ3) is 8.52. The van der Waals surface area contributed by atoms with Crippen LogP contribution in [0.15, 0.2) is 59.5 Å². The molecule has 12 heteroatoms. The second-order valence-corrected chi connectivity index (χ2v) is 11.5. The number of benzene rings is 2. The smallest absolute Gasteiger partial charge is 0.444 e. The predicted molar refractivity (Wildman–Crippen MR) is 139 cm³/mol.